The van der Waals surface area contributed by atoms with Gasteiger partial charge in [0, 0.05) is 21.6 Å². The Bertz CT molecular complexity index is 1250. The van der Waals surface area contributed by atoms with Crippen molar-refractivity contribution in [3.8, 4) is 0 Å². The van der Waals surface area contributed by atoms with E-state index in [1.807, 2.05) is 19.1 Å². The number of rotatable bonds is 8. The van der Waals surface area contributed by atoms with Crippen molar-refractivity contribution in [3.63, 3.8) is 0 Å². The fourth-order valence-corrected chi connectivity index (χ4v) is 4.72. The van der Waals surface area contributed by atoms with Crippen molar-refractivity contribution in [2.45, 2.75) is 18.4 Å². The summed E-state index contributed by atoms with van der Waals surface area (Å²) in [7, 11) is -4.14. The van der Waals surface area contributed by atoms with Crippen LogP contribution in [0.5, 0.6) is 0 Å². The maximum atomic E-state index is 14.4. The molecule has 0 atom stereocenters. The Labute approximate surface area is 205 Å². The van der Waals surface area contributed by atoms with Crippen LogP contribution >= 0.6 is 27.5 Å². The van der Waals surface area contributed by atoms with Crippen LogP contribution in [0.3, 0.4) is 0 Å². The number of aryl methyl sites for hydroxylation is 1. The molecule has 0 aliphatic rings. The number of benzene rings is 3. The molecule has 1 amide bonds. The number of carbonyl (C=O) groups excluding carboxylic acids is 1. The first-order valence-corrected chi connectivity index (χ1v) is 12.3. The van der Waals surface area contributed by atoms with Gasteiger partial charge in [0.05, 0.1) is 17.7 Å². The Morgan fingerprint density at radius 3 is 2.42 bits per heavy atom. The third-order valence-electron chi connectivity index (χ3n) is 4.65. The second-order valence-electron chi connectivity index (χ2n) is 7.13. The molecule has 0 heterocycles. The van der Waals surface area contributed by atoms with Crippen molar-refractivity contribution < 1.29 is 17.6 Å². The highest BCUT2D eigenvalue weighted by molar-refractivity contribution is 9.10. The van der Waals surface area contributed by atoms with E-state index in [-0.39, 0.29) is 15.5 Å². The van der Waals surface area contributed by atoms with Crippen molar-refractivity contribution in [2.24, 2.45) is 5.10 Å². The van der Waals surface area contributed by atoms with Crippen LogP contribution in [0.2, 0.25) is 5.02 Å². The van der Waals surface area contributed by atoms with Crippen molar-refractivity contribution in [3.05, 3.63) is 98.7 Å². The molecule has 3 aromatic rings. The zero-order valence-corrected chi connectivity index (χ0v) is 20.7. The van der Waals surface area contributed by atoms with Gasteiger partial charge in [0.25, 0.3) is 5.91 Å². The van der Waals surface area contributed by atoms with Crippen LogP contribution in [0.25, 0.3) is 0 Å². The van der Waals surface area contributed by atoms with Gasteiger partial charge in [-0.25, -0.2) is 18.2 Å². The summed E-state index contributed by atoms with van der Waals surface area (Å²) >= 11 is 9.43. The van der Waals surface area contributed by atoms with Crippen LogP contribution in [0.1, 0.15) is 16.7 Å². The quantitative estimate of drug-likeness (QED) is 0.319. The molecule has 0 unspecified atom stereocenters. The summed E-state index contributed by atoms with van der Waals surface area (Å²) < 4.78 is 42.7. The summed E-state index contributed by atoms with van der Waals surface area (Å²) in [5.41, 5.74) is 3.89. The van der Waals surface area contributed by atoms with Gasteiger partial charge in [0.1, 0.15) is 5.82 Å². The topological polar surface area (TPSA) is 78.8 Å². The number of hydrogen-bond acceptors (Lipinski definition) is 4. The van der Waals surface area contributed by atoms with Crippen molar-refractivity contribution in [1.29, 1.82) is 0 Å². The van der Waals surface area contributed by atoms with Gasteiger partial charge in [0.2, 0.25) is 10.0 Å². The van der Waals surface area contributed by atoms with Gasteiger partial charge in [-0.05, 0) is 48.9 Å². The molecular weight excluding hydrogens is 533 g/mol. The smallest absolute Gasteiger partial charge is 0.255 e. The van der Waals surface area contributed by atoms with Gasteiger partial charge >= 0.3 is 0 Å². The first-order chi connectivity index (χ1) is 15.7. The number of hydrazone groups is 1. The van der Waals surface area contributed by atoms with Crippen LogP contribution in [-0.4, -0.2) is 31.4 Å². The van der Waals surface area contributed by atoms with Crippen LogP contribution in [-0.2, 0) is 21.4 Å². The van der Waals surface area contributed by atoms with Gasteiger partial charge in [0.15, 0.2) is 0 Å². The monoisotopic (exact) mass is 551 g/mol. The van der Waals surface area contributed by atoms with E-state index in [2.05, 4.69) is 26.5 Å². The molecule has 0 saturated heterocycles. The lowest BCUT2D eigenvalue weighted by molar-refractivity contribution is -0.121. The molecule has 0 aliphatic carbocycles. The molecule has 0 aromatic heterocycles. The number of halogens is 3. The van der Waals surface area contributed by atoms with Gasteiger partial charge in [-0.2, -0.15) is 9.41 Å². The molecule has 0 spiro atoms. The predicted octanol–water partition coefficient (Wildman–Crippen LogP) is 4.89. The Hall–Kier alpha value is -2.59. The summed E-state index contributed by atoms with van der Waals surface area (Å²) in [5, 5.41) is 3.93. The van der Waals surface area contributed by atoms with Crippen molar-refractivity contribution in [1.82, 2.24) is 9.73 Å². The maximum absolute atomic E-state index is 14.4. The minimum atomic E-state index is -4.14. The number of hydrogen-bond donors (Lipinski definition) is 1. The lowest BCUT2D eigenvalue weighted by Crippen LogP contribution is -2.39. The number of amides is 1. The van der Waals surface area contributed by atoms with Crippen LogP contribution < -0.4 is 5.43 Å². The fraction of sp³-hybridized carbons (Fsp3) is 0.130. The highest BCUT2D eigenvalue weighted by Crippen LogP contribution is 2.24. The van der Waals surface area contributed by atoms with E-state index < -0.39 is 34.8 Å². The number of nitrogens with one attached hydrogen (secondary N) is 1. The van der Waals surface area contributed by atoms with E-state index in [9.17, 15) is 17.6 Å². The minimum absolute atomic E-state index is 0.0216. The summed E-state index contributed by atoms with van der Waals surface area (Å²) in [5.74, 6) is -1.35. The molecular formula is C23H20BrClFN3O3S. The summed E-state index contributed by atoms with van der Waals surface area (Å²) in [6.45, 7) is 0.814. The average molecular weight is 553 g/mol. The van der Waals surface area contributed by atoms with Crippen molar-refractivity contribution >= 4 is 49.7 Å². The Morgan fingerprint density at radius 1 is 1.12 bits per heavy atom. The zero-order chi connectivity index (χ0) is 24.0. The number of nitrogens with zero attached hydrogens (tertiary/aromatic N) is 2. The van der Waals surface area contributed by atoms with Gasteiger partial charge in [-0.1, -0.05) is 63.4 Å². The molecule has 0 aliphatic heterocycles. The van der Waals surface area contributed by atoms with Crippen LogP contribution in [0.4, 0.5) is 4.39 Å². The maximum Gasteiger partial charge on any atom is 0.255 e. The third kappa shape index (κ3) is 6.70. The molecule has 6 nitrogen and oxygen atoms in total. The first kappa shape index (κ1) is 25.0. The molecule has 33 heavy (non-hydrogen) atoms. The molecule has 10 heteroatoms. The highest BCUT2D eigenvalue weighted by atomic mass is 79.9. The number of carbonyl (C=O) groups is 1. The average Bonchev–Trinajstić information content (AvgIpc) is 2.77. The molecule has 3 rings (SSSR count). The second-order valence-corrected chi connectivity index (χ2v) is 10.4. The largest absolute Gasteiger partial charge is 0.272 e. The van der Waals surface area contributed by atoms with Crippen LogP contribution in [0.15, 0.2) is 81.2 Å². The number of sulfonamides is 1. The molecule has 0 radical (unpaired) electrons. The molecule has 3 aromatic carbocycles. The van der Waals surface area contributed by atoms with Crippen LogP contribution in [0, 0.1) is 12.7 Å². The standard InChI is InChI=1S/C23H20BrClFN3O3S/c1-16-5-11-19(12-6-16)33(31,32)29(14-20-21(25)3-2-4-22(20)26)15-23(30)28-27-13-17-7-9-18(24)10-8-17/h2-13H,14-15H2,1H3,(H,28,30)/b27-13-. The predicted molar refractivity (Wildman–Crippen MR) is 130 cm³/mol. The van der Waals surface area contributed by atoms with E-state index >= 15 is 0 Å². The van der Waals surface area contributed by atoms with Gasteiger partial charge in [-0.15, -0.1) is 0 Å². The fourth-order valence-electron chi connectivity index (χ4n) is 2.87. The van der Waals surface area contributed by atoms with E-state index in [1.165, 1.54) is 36.5 Å². The van der Waals surface area contributed by atoms with E-state index in [0.717, 1.165) is 19.9 Å². The SMILES string of the molecule is Cc1ccc(S(=O)(=O)N(CC(=O)N/N=C\c2ccc(Br)cc2)Cc2c(F)cccc2Cl)cc1. The third-order valence-corrected chi connectivity index (χ3v) is 7.34. The minimum Gasteiger partial charge on any atom is -0.272 e. The lowest BCUT2D eigenvalue weighted by atomic mass is 10.2. The normalized spacial score (nSPS) is 11.8. The second kappa shape index (κ2) is 11.0. The molecule has 172 valence electrons. The molecule has 0 bridgehead atoms. The summed E-state index contributed by atoms with van der Waals surface area (Å²) in [6.07, 6.45) is 1.43. The first-order valence-electron chi connectivity index (χ1n) is 9.74. The Kier molecular flexibility index (Phi) is 8.36. The summed E-state index contributed by atoms with van der Waals surface area (Å²) in [4.78, 5) is 12.5. The van der Waals surface area contributed by atoms with Crippen molar-refractivity contribution in [2.75, 3.05) is 6.54 Å². The Morgan fingerprint density at radius 2 is 1.79 bits per heavy atom. The van der Waals surface area contributed by atoms with Gasteiger partial charge in [-0.3, -0.25) is 4.79 Å². The zero-order valence-electron chi connectivity index (χ0n) is 17.5. The Balaban J connectivity index is 1.84. The van der Waals surface area contributed by atoms with E-state index in [1.54, 1.807) is 24.3 Å². The van der Waals surface area contributed by atoms with E-state index in [0.29, 0.717) is 0 Å². The lowest BCUT2D eigenvalue weighted by Gasteiger charge is -2.22. The molecule has 1 N–H and O–H groups in total. The molecule has 0 saturated carbocycles. The van der Waals surface area contributed by atoms with E-state index in [4.69, 9.17) is 11.6 Å². The summed E-state index contributed by atoms with van der Waals surface area (Å²) in [6, 6.07) is 17.4. The van der Waals surface area contributed by atoms with Gasteiger partial charge < -0.3 is 0 Å². The highest BCUT2D eigenvalue weighted by Gasteiger charge is 2.28. The molecule has 0 fully saturated rings.